The standard InChI is InChI=1S/C10H16F3N3O2/c1-3-6(14)8(10(11,12)13)16-4-7(17)15-9(18)5(16)2/h5-6,8H,3-4,14H2,1-2H3,(H,15,17,18). The summed E-state index contributed by atoms with van der Waals surface area (Å²) in [6.07, 6.45) is -4.48. The summed E-state index contributed by atoms with van der Waals surface area (Å²) in [6, 6.07) is -4.20. The van der Waals surface area contributed by atoms with Gasteiger partial charge in [-0.05, 0) is 13.3 Å². The maximum atomic E-state index is 13.0. The molecule has 104 valence electrons. The molecule has 3 atom stereocenters. The summed E-state index contributed by atoms with van der Waals surface area (Å²) < 4.78 is 39.0. The van der Waals surface area contributed by atoms with Crippen LogP contribution >= 0.6 is 0 Å². The number of carbonyl (C=O) groups excluding carboxylic acids is 2. The molecule has 0 aromatic rings. The minimum Gasteiger partial charge on any atom is -0.326 e. The van der Waals surface area contributed by atoms with Crippen molar-refractivity contribution in [3.63, 3.8) is 0 Å². The molecule has 1 fully saturated rings. The third-order valence-corrected chi connectivity index (χ3v) is 3.04. The van der Waals surface area contributed by atoms with Gasteiger partial charge in [0.2, 0.25) is 11.8 Å². The predicted octanol–water partition coefficient (Wildman–Crippen LogP) is 0.00150. The lowest BCUT2D eigenvalue weighted by Gasteiger charge is -2.41. The minimum absolute atomic E-state index is 0.100. The molecule has 8 heteroatoms. The van der Waals surface area contributed by atoms with Gasteiger partial charge in [0, 0.05) is 6.04 Å². The molecule has 3 unspecified atom stereocenters. The lowest BCUT2D eigenvalue weighted by Crippen LogP contribution is -2.66. The van der Waals surface area contributed by atoms with Crippen LogP contribution in [0.5, 0.6) is 0 Å². The predicted molar refractivity (Wildman–Crippen MR) is 57.4 cm³/mol. The maximum Gasteiger partial charge on any atom is 0.405 e. The Morgan fingerprint density at radius 3 is 2.50 bits per heavy atom. The molecule has 0 saturated carbocycles. The Kier molecular flexibility index (Phi) is 4.33. The Morgan fingerprint density at radius 1 is 1.50 bits per heavy atom. The molecular formula is C10H16F3N3O2. The number of hydrogen-bond donors (Lipinski definition) is 2. The van der Waals surface area contributed by atoms with Crippen LogP contribution in [-0.2, 0) is 9.59 Å². The highest BCUT2D eigenvalue weighted by Crippen LogP contribution is 2.29. The second-order valence-electron chi connectivity index (χ2n) is 4.32. The first-order chi connectivity index (χ1) is 8.18. The molecule has 3 N–H and O–H groups in total. The van der Waals surface area contributed by atoms with Crippen molar-refractivity contribution in [3.8, 4) is 0 Å². The van der Waals surface area contributed by atoms with Crippen LogP contribution in [0.1, 0.15) is 20.3 Å². The number of halogens is 3. The number of rotatable bonds is 3. The van der Waals surface area contributed by atoms with Gasteiger partial charge in [0.1, 0.15) is 6.04 Å². The summed E-state index contributed by atoms with van der Waals surface area (Å²) in [7, 11) is 0. The van der Waals surface area contributed by atoms with Crippen molar-refractivity contribution in [2.24, 2.45) is 5.73 Å². The van der Waals surface area contributed by atoms with Gasteiger partial charge in [0.05, 0.1) is 12.6 Å². The van der Waals surface area contributed by atoms with Gasteiger partial charge in [-0.1, -0.05) is 6.92 Å². The van der Waals surface area contributed by atoms with Crippen molar-refractivity contribution in [2.75, 3.05) is 6.54 Å². The number of nitrogens with zero attached hydrogens (tertiary/aromatic N) is 1. The lowest BCUT2D eigenvalue weighted by molar-refractivity contribution is -0.197. The first-order valence-electron chi connectivity index (χ1n) is 5.60. The highest BCUT2D eigenvalue weighted by atomic mass is 19.4. The number of hydrogen-bond acceptors (Lipinski definition) is 4. The van der Waals surface area contributed by atoms with E-state index < -0.39 is 42.7 Å². The second-order valence-corrected chi connectivity index (χ2v) is 4.32. The average molecular weight is 267 g/mol. The molecule has 5 nitrogen and oxygen atoms in total. The lowest BCUT2D eigenvalue weighted by atomic mass is 10.0. The number of carbonyl (C=O) groups is 2. The Hall–Kier alpha value is -1.15. The van der Waals surface area contributed by atoms with Crippen LogP contribution in [0.3, 0.4) is 0 Å². The van der Waals surface area contributed by atoms with Crippen LogP contribution < -0.4 is 11.1 Å². The Bertz CT molecular complexity index is 346. The van der Waals surface area contributed by atoms with E-state index in [1.54, 1.807) is 0 Å². The van der Waals surface area contributed by atoms with E-state index in [2.05, 4.69) is 0 Å². The molecule has 0 spiro atoms. The summed E-state index contributed by atoms with van der Waals surface area (Å²) in [6.45, 7) is 2.37. The van der Waals surface area contributed by atoms with Crippen LogP contribution in [-0.4, -0.2) is 47.6 Å². The maximum absolute atomic E-state index is 13.0. The van der Waals surface area contributed by atoms with Crippen molar-refractivity contribution in [1.29, 1.82) is 0 Å². The minimum atomic E-state index is -4.58. The van der Waals surface area contributed by atoms with E-state index in [4.69, 9.17) is 5.73 Å². The Balaban J connectivity index is 3.04. The highest BCUT2D eigenvalue weighted by molar-refractivity contribution is 6.00. The third kappa shape index (κ3) is 2.99. The van der Waals surface area contributed by atoms with Crippen molar-refractivity contribution < 1.29 is 22.8 Å². The van der Waals surface area contributed by atoms with Crippen molar-refractivity contribution >= 4 is 11.8 Å². The van der Waals surface area contributed by atoms with E-state index in [1.165, 1.54) is 13.8 Å². The largest absolute Gasteiger partial charge is 0.405 e. The van der Waals surface area contributed by atoms with E-state index in [0.29, 0.717) is 0 Å². The molecule has 0 aromatic carbocycles. The zero-order chi connectivity index (χ0) is 14.1. The van der Waals surface area contributed by atoms with Gasteiger partial charge in [-0.2, -0.15) is 13.2 Å². The fourth-order valence-electron chi connectivity index (χ4n) is 1.97. The molecule has 1 aliphatic heterocycles. The summed E-state index contributed by atoms with van der Waals surface area (Å²) in [5, 5.41) is 1.99. The van der Waals surface area contributed by atoms with Gasteiger partial charge >= 0.3 is 6.18 Å². The molecule has 1 rings (SSSR count). The normalized spacial score (nSPS) is 25.8. The number of amides is 2. The van der Waals surface area contributed by atoms with Gasteiger partial charge < -0.3 is 5.73 Å². The van der Waals surface area contributed by atoms with Crippen LogP contribution in [0.4, 0.5) is 13.2 Å². The van der Waals surface area contributed by atoms with Gasteiger partial charge in [-0.3, -0.25) is 19.8 Å². The number of imide groups is 1. The van der Waals surface area contributed by atoms with Crippen LogP contribution in [0.25, 0.3) is 0 Å². The Labute approximate surface area is 102 Å². The first kappa shape index (κ1) is 14.9. The molecule has 1 saturated heterocycles. The fourth-order valence-corrected chi connectivity index (χ4v) is 1.97. The number of nitrogens with one attached hydrogen (secondary N) is 1. The molecule has 2 amide bonds. The zero-order valence-corrected chi connectivity index (χ0v) is 10.1. The molecular weight excluding hydrogens is 251 g/mol. The quantitative estimate of drug-likeness (QED) is 0.706. The summed E-state index contributed by atoms with van der Waals surface area (Å²) in [5.41, 5.74) is 5.48. The number of alkyl halides is 3. The average Bonchev–Trinajstić information content (AvgIpc) is 2.23. The first-order valence-corrected chi connectivity index (χ1v) is 5.60. The van der Waals surface area contributed by atoms with Crippen molar-refractivity contribution in [2.45, 2.75) is 44.6 Å². The van der Waals surface area contributed by atoms with Crippen molar-refractivity contribution in [1.82, 2.24) is 10.2 Å². The van der Waals surface area contributed by atoms with Crippen LogP contribution in [0.15, 0.2) is 0 Å². The SMILES string of the molecule is CCC(N)C(N1CC(=O)NC(=O)C1C)C(F)(F)F. The molecule has 1 aliphatic rings. The highest BCUT2D eigenvalue weighted by Gasteiger charge is 2.50. The summed E-state index contributed by atoms with van der Waals surface area (Å²) in [4.78, 5) is 23.4. The molecule has 0 aromatic heterocycles. The van der Waals surface area contributed by atoms with E-state index in [1.807, 2.05) is 5.32 Å². The van der Waals surface area contributed by atoms with Gasteiger partial charge in [-0.15, -0.1) is 0 Å². The van der Waals surface area contributed by atoms with E-state index in [-0.39, 0.29) is 6.42 Å². The van der Waals surface area contributed by atoms with E-state index in [9.17, 15) is 22.8 Å². The second kappa shape index (κ2) is 5.23. The zero-order valence-electron chi connectivity index (χ0n) is 10.1. The fraction of sp³-hybridized carbons (Fsp3) is 0.800. The van der Waals surface area contributed by atoms with Crippen LogP contribution in [0, 0.1) is 0 Å². The van der Waals surface area contributed by atoms with Crippen molar-refractivity contribution in [3.05, 3.63) is 0 Å². The Morgan fingerprint density at radius 2 is 2.06 bits per heavy atom. The third-order valence-electron chi connectivity index (χ3n) is 3.04. The van der Waals surface area contributed by atoms with E-state index in [0.717, 1.165) is 4.90 Å². The van der Waals surface area contributed by atoms with Gasteiger partial charge in [-0.25, -0.2) is 0 Å². The van der Waals surface area contributed by atoms with Gasteiger partial charge in [0.15, 0.2) is 0 Å². The molecule has 0 radical (unpaired) electrons. The van der Waals surface area contributed by atoms with Crippen LogP contribution in [0.2, 0.25) is 0 Å². The summed E-state index contributed by atoms with van der Waals surface area (Å²) in [5.74, 6) is -1.47. The molecule has 0 bridgehead atoms. The van der Waals surface area contributed by atoms with E-state index >= 15 is 0 Å². The smallest absolute Gasteiger partial charge is 0.326 e. The monoisotopic (exact) mass is 267 g/mol. The molecule has 0 aliphatic carbocycles. The molecule has 1 heterocycles. The summed E-state index contributed by atoms with van der Waals surface area (Å²) >= 11 is 0. The van der Waals surface area contributed by atoms with Gasteiger partial charge in [0.25, 0.3) is 0 Å². The number of piperazine rings is 1. The topological polar surface area (TPSA) is 75.4 Å². The molecule has 18 heavy (non-hydrogen) atoms. The number of nitrogens with two attached hydrogens (primary N) is 1.